The molecule has 0 aromatic carbocycles. The zero-order valence-corrected chi connectivity index (χ0v) is 16.1. The van der Waals surface area contributed by atoms with E-state index in [4.69, 9.17) is 0 Å². The predicted octanol–water partition coefficient (Wildman–Crippen LogP) is 1.22. The number of amides is 1. The zero-order chi connectivity index (χ0) is 18.7. The fourth-order valence-corrected chi connectivity index (χ4v) is 3.63. The van der Waals surface area contributed by atoms with Crippen LogP contribution in [0.4, 0.5) is 0 Å². The van der Waals surface area contributed by atoms with Gasteiger partial charge in [0.15, 0.2) is 0 Å². The van der Waals surface area contributed by atoms with Gasteiger partial charge in [-0.3, -0.25) is 4.79 Å². The molecule has 1 amide bonds. The van der Waals surface area contributed by atoms with E-state index in [1.807, 2.05) is 41.4 Å². The second kappa shape index (κ2) is 7.99. The summed E-state index contributed by atoms with van der Waals surface area (Å²) in [4.78, 5) is 18.9. The number of nitrogens with one attached hydrogen (secondary N) is 1. The lowest BCUT2D eigenvalue weighted by Gasteiger charge is -2.18. The number of imidazole rings is 1. The van der Waals surface area contributed by atoms with Gasteiger partial charge in [0.1, 0.15) is 0 Å². The van der Waals surface area contributed by atoms with Crippen LogP contribution in [0.2, 0.25) is 0 Å². The monoisotopic (exact) mass is 359 g/mol. The highest BCUT2D eigenvalue weighted by Crippen LogP contribution is 2.27. The van der Waals surface area contributed by atoms with Gasteiger partial charge in [-0.1, -0.05) is 12.1 Å². The van der Waals surface area contributed by atoms with E-state index in [2.05, 4.69) is 33.7 Å². The molecule has 26 heavy (non-hydrogen) atoms. The third-order valence-corrected chi connectivity index (χ3v) is 5.10. The highest BCUT2D eigenvalue weighted by atomic mass is 16.2. The number of carbonyl (C=O) groups excluding carboxylic acids is 1. The average Bonchev–Trinajstić information content (AvgIpc) is 3.31. The van der Waals surface area contributed by atoms with Crippen molar-refractivity contribution in [2.75, 3.05) is 13.1 Å². The van der Waals surface area contributed by atoms with Crippen molar-refractivity contribution >= 4 is 5.91 Å². The highest BCUT2D eigenvalue weighted by molar-refractivity contribution is 5.76. The molecule has 1 fully saturated rings. The lowest BCUT2D eigenvalue weighted by molar-refractivity contribution is -0.130. The van der Waals surface area contributed by atoms with Crippen LogP contribution in [0.15, 0.2) is 12.5 Å². The van der Waals surface area contributed by atoms with Gasteiger partial charge in [-0.05, 0) is 20.3 Å². The summed E-state index contributed by atoms with van der Waals surface area (Å²) in [6.45, 7) is 9.02. The number of aryl methyl sites for hydroxylation is 3. The number of aromatic nitrogens is 5. The molecule has 0 spiro atoms. The van der Waals surface area contributed by atoms with E-state index in [0.717, 1.165) is 36.6 Å². The Hall–Kier alpha value is -2.22. The Morgan fingerprint density at radius 1 is 1.35 bits per heavy atom. The van der Waals surface area contributed by atoms with Gasteiger partial charge < -0.3 is 14.8 Å². The van der Waals surface area contributed by atoms with Gasteiger partial charge in [-0.2, -0.15) is 0 Å². The second-order valence-electron chi connectivity index (χ2n) is 7.04. The van der Waals surface area contributed by atoms with Gasteiger partial charge in [0.05, 0.1) is 23.4 Å². The molecule has 1 aliphatic rings. The minimum atomic E-state index is 0.172. The SMILES string of the molecule is CCCC(=O)N1C[C@@H](NCc2c(C)nnn2CC)[C@H](c2cn(C)cn2)C1. The Kier molecular flexibility index (Phi) is 5.70. The lowest BCUT2D eigenvalue weighted by Crippen LogP contribution is -2.37. The van der Waals surface area contributed by atoms with Gasteiger partial charge in [-0.15, -0.1) is 5.10 Å². The number of hydrogen-bond acceptors (Lipinski definition) is 5. The molecule has 8 heteroatoms. The van der Waals surface area contributed by atoms with Crippen LogP contribution in [0.5, 0.6) is 0 Å². The van der Waals surface area contributed by atoms with Crippen LogP contribution in [-0.4, -0.2) is 54.5 Å². The lowest BCUT2D eigenvalue weighted by atomic mass is 10.0. The molecule has 1 N–H and O–H groups in total. The Labute approximate surface area is 154 Å². The number of nitrogens with zero attached hydrogens (tertiary/aromatic N) is 6. The molecule has 0 radical (unpaired) electrons. The number of hydrogen-bond donors (Lipinski definition) is 1. The first kappa shape index (κ1) is 18.6. The van der Waals surface area contributed by atoms with E-state index in [1.165, 1.54) is 0 Å². The first-order chi connectivity index (χ1) is 12.5. The molecule has 8 nitrogen and oxygen atoms in total. The van der Waals surface area contributed by atoms with E-state index in [1.54, 1.807) is 0 Å². The highest BCUT2D eigenvalue weighted by Gasteiger charge is 2.37. The molecule has 2 aromatic heterocycles. The topological polar surface area (TPSA) is 80.9 Å². The Morgan fingerprint density at radius 2 is 2.15 bits per heavy atom. The minimum Gasteiger partial charge on any atom is -0.340 e. The Balaban J connectivity index is 1.75. The Morgan fingerprint density at radius 3 is 2.81 bits per heavy atom. The van der Waals surface area contributed by atoms with Crippen LogP contribution in [0, 0.1) is 6.92 Å². The van der Waals surface area contributed by atoms with Crippen molar-refractivity contribution in [1.29, 1.82) is 0 Å². The third kappa shape index (κ3) is 3.80. The minimum absolute atomic E-state index is 0.172. The maximum absolute atomic E-state index is 12.4. The fourth-order valence-electron chi connectivity index (χ4n) is 3.63. The van der Waals surface area contributed by atoms with Crippen molar-refractivity contribution in [3.8, 4) is 0 Å². The van der Waals surface area contributed by atoms with Gasteiger partial charge in [0.2, 0.25) is 5.91 Å². The summed E-state index contributed by atoms with van der Waals surface area (Å²) in [7, 11) is 1.97. The van der Waals surface area contributed by atoms with E-state index >= 15 is 0 Å². The van der Waals surface area contributed by atoms with Gasteiger partial charge in [0.25, 0.3) is 0 Å². The van der Waals surface area contributed by atoms with Gasteiger partial charge in [-0.25, -0.2) is 9.67 Å². The van der Waals surface area contributed by atoms with Crippen molar-refractivity contribution in [3.05, 3.63) is 29.6 Å². The molecule has 1 saturated heterocycles. The molecule has 0 saturated carbocycles. The van der Waals surface area contributed by atoms with E-state index in [0.29, 0.717) is 19.5 Å². The van der Waals surface area contributed by atoms with Crippen LogP contribution in [-0.2, 0) is 24.9 Å². The first-order valence-corrected chi connectivity index (χ1v) is 9.41. The summed E-state index contributed by atoms with van der Waals surface area (Å²) in [6.07, 6.45) is 5.36. The van der Waals surface area contributed by atoms with Gasteiger partial charge in [0, 0.05) is 57.8 Å². The molecule has 0 unspecified atom stereocenters. The Bertz CT molecular complexity index is 751. The molecule has 0 aliphatic carbocycles. The van der Waals surface area contributed by atoms with Crippen LogP contribution < -0.4 is 5.32 Å². The summed E-state index contributed by atoms with van der Waals surface area (Å²) in [6, 6.07) is 0.172. The van der Waals surface area contributed by atoms with Crippen LogP contribution in [0.3, 0.4) is 0 Å². The molecule has 1 aliphatic heterocycles. The zero-order valence-electron chi connectivity index (χ0n) is 16.1. The molecule has 3 rings (SSSR count). The maximum atomic E-state index is 12.4. The quantitative estimate of drug-likeness (QED) is 0.804. The van der Waals surface area contributed by atoms with E-state index in [9.17, 15) is 4.79 Å². The van der Waals surface area contributed by atoms with Crippen molar-refractivity contribution in [2.45, 2.75) is 58.7 Å². The average molecular weight is 359 g/mol. The standard InChI is InChI=1S/C18H29N7O/c1-5-7-18(26)24-9-14(15-10-23(4)12-20-15)16(11-24)19-8-17-13(3)21-22-25(17)6-2/h10,12,14,16,19H,5-9,11H2,1-4H3/t14-,16+/m0/s1. The number of carbonyl (C=O) groups is 1. The van der Waals surface area contributed by atoms with Crippen LogP contribution >= 0.6 is 0 Å². The van der Waals surface area contributed by atoms with Crippen LogP contribution in [0.1, 0.15) is 49.7 Å². The van der Waals surface area contributed by atoms with Crippen molar-refractivity contribution in [2.24, 2.45) is 7.05 Å². The second-order valence-corrected chi connectivity index (χ2v) is 7.04. The molecular formula is C18H29N7O. The molecule has 142 valence electrons. The van der Waals surface area contributed by atoms with Crippen molar-refractivity contribution in [1.82, 2.24) is 34.8 Å². The summed E-state index contributed by atoms with van der Waals surface area (Å²) >= 11 is 0. The third-order valence-electron chi connectivity index (χ3n) is 5.10. The largest absolute Gasteiger partial charge is 0.340 e. The molecule has 2 aromatic rings. The maximum Gasteiger partial charge on any atom is 0.222 e. The summed E-state index contributed by atoms with van der Waals surface area (Å²) in [5.74, 6) is 0.428. The summed E-state index contributed by atoms with van der Waals surface area (Å²) in [5, 5.41) is 12.0. The first-order valence-electron chi connectivity index (χ1n) is 9.41. The fraction of sp³-hybridized carbons (Fsp3) is 0.667. The molecular weight excluding hydrogens is 330 g/mol. The number of likely N-dealkylation sites (tertiary alicyclic amines) is 1. The van der Waals surface area contributed by atoms with Crippen molar-refractivity contribution < 1.29 is 4.79 Å². The summed E-state index contributed by atoms with van der Waals surface area (Å²) < 4.78 is 3.89. The number of rotatable bonds is 7. The molecule has 2 atom stereocenters. The van der Waals surface area contributed by atoms with E-state index < -0.39 is 0 Å². The van der Waals surface area contributed by atoms with E-state index in [-0.39, 0.29) is 17.9 Å². The normalized spacial score (nSPS) is 20.1. The van der Waals surface area contributed by atoms with Crippen LogP contribution in [0.25, 0.3) is 0 Å². The van der Waals surface area contributed by atoms with Crippen molar-refractivity contribution in [3.63, 3.8) is 0 Å². The predicted molar refractivity (Wildman–Crippen MR) is 98.5 cm³/mol. The smallest absolute Gasteiger partial charge is 0.222 e. The summed E-state index contributed by atoms with van der Waals surface area (Å²) in [5.41, 5.74) is 3.09. The molecule has 3 heterocycles. The molecule has 0 bridgehead atoms. The van der Waals surface area contributed by atoms with Gasteiger partial charge >= 0.3 is 0 Å².